The average molecular weight is 356 g/mol. The lowest BCUT2D eigenvalue weighted by molar-refractivity contribution is -0.127. The first kappa shape index (κ1) is 17.1. The van der Waals surface area contributed by atoms with Crippen molar-refractivity contribution in [3.05, 3.63) is 71.5 Å². The van der Waals surface area contributed by atoms with Crippen molar-refractivity contribution >= 4 is 17.2 Å². The lowest BCUT2D eigenvalue weighted by atomic mass is 10.2. The highest BCUT2D eigenvalue weighted by Gasteiger charge is 2.16. The molecule has 0 radical (unpaired) electrons. The molecule has 25 heavy (non-hydrogen) atoms. The summed E-state index contributed by atoms with van der Waals surface area (Å²) >= 11 is 1.52. The normalized spacial score (nSPS) is 11.8. The standard InChI is InChI=1S/C19H17FN2O2S/c1-13(24-17-10-6-5-9-16(17)20)18(23)21-11-15-12-25-19(22-15)14-7-3-2-4-8-14/h2-10,12-13H,11H2,1H3,(H,21,23)/t13-/m0/s1. The Morgan fingerprint density at radius 2 is 1.92 bits per heavy atom. The van der Waals surface area contributed by atoms with Gasteiger partial charge in [0.15, 0.2) is 17.7 Å². The topological polar surface area (TPSA) is 51.2 Å². The van der Waals surface area contributed by atoms with Gasteiger partial charge in [0, 0.05) is 10.9 Å². The maximum atomic E-state index is 13.6. The first-order valence-electron chi connectivity index (χ1n) is 7.82. The summed E-state index contributed by atoms with van der Waals surface area (Å²) in [5, 5.41) is 5.57. The van der Waals surface area contributed by atoms with Crippen LogP contribution in [0.2, 0.25) is 0 Å². The number of nitrogens with zero attached hydrogens (tertiary/aromatic N) is 1. The fraction of sp³-hybridized carbons (Fsp3) is 0.158. The summed E-state index contributed by atoms with van der Waals surface area (Å²) in [6.07, 6.45) is -0.802. The molecule has 3 rings (SSSR count). The van der Waals surface area contributed by atoms with Gasteiger partial charge in [-0.1, -0.05) is 42.5 Å². The van der Waals surface area contributed by atoms with Gasteiger partial charge in [0.2, 0.25) is 0 Å². The minimum atomic E-state index is -0.802. The zero-order valence-corrected chi connectivity index (χ0v) is 14.4. The van der Waals surface area contributed by atoms with Crippen molar-refractivity contribution in [3.8, 4) is 16.3 Å². The Bertz CT molecular complexity index is 851. The van der Waals surface area contributed by atoms with Gasteiger partial charge in [-0.25, -0.2) is 9.37 Å². The molecular weight excluding hydrogens is 339 g/mol. The highest BCUT2D eigenvalue weighted by atomic mass is 32.1. The van der Waals surface area contributed by atoms with E-state index in [2.05, 4.69) is 10.3 Å². The molecule has 0 saturated carbocycles. The maximum absolute atomic E-state index is 13.6. The minimum absolute atomic E-state index is 0.0603. The number of carbonyl (C=O) groups excluding carboxylic acids is 1. The van der Waals surface area contributed by atoms with Crippen LogP contribution in [0, 0.1) is 5.82 Å². The third-order valence-electron chi connectivity index (χ3n) is 3.53. The number of carbonyl (C=O) groups is 1. The molecule has 1 N–H and O–H groups in total. The third kappa shape index (κ3) is 4.42. The van der Waals surface area contributed by atoms with Crippen molar-refractivity contribution in [2.45, 2.75) is 19.6 Å². The van der Waals surface area contributed by atoms with Crippen LogP contribution in [-0.4, -0.2) is 17.0 Å². The second kappa shape index (κ2) is 7.90. The molecule has 0 fully saturated rings. The number of para-hydroxylation sites is 1. The van der Waals surface area contributed by atoms with Crippen molar-refractivity contribution in [3.63, 3.8) is 0 Å². The molecule has 0 aliphatic heterocycles. The van der Waals surface area contributed by atoms with Gasteiger partial charge in [-0.2, -0.15) is 0 Å². The summed E-state index contributed by atoms with van der Waals surface area (Å²) in [6, 6.07) is 15.9. The summed E-state index contributed by atoms with van der Waals surface area (Å²) in [5.74, 6) is -0.753. The molecule has 0 aliphatic rings. The van der Waals surface area contributed by atoms with Gasteiger partial charge in [-0.05, 0) is 19.1 Å². The number of rotatable bonds is 6. The fourth-order valence-corrected chi connectivity index (χ4v) is 3.03. The van der Waals surface area contributed by atoms with Gasteiger partial charge in [0.05, 0.1) is 12.2 Å². The van der Waals surface area contributed by atoms with Crippen LogP contribution < -0.4 is 10.1 Å². The first-order valence-corrected chi connectivity index (χ1v) is 8.70. The van der Waals surface area contributed by atoms with Crippen molar-refractivity contribution < 1.29 is 13.9 Å². The zero-order valence-electron chi connectivity index (χ0n) is 13.6. The molecule has 0 unspecified atom stereocenters. The average Bonchev–Trinajstić information content (AvgIpc) is 3.11. The lowest BCUT2D eigenvalue weighted by Gasteiger charge is -2.14. The highest BCUT2D eigenvalue weighted by molar-refractivity contribution is 7.13. The Morgan fingerprint density at radius 3 is 2.68 bits per heavy atom. The third-order valence-corrected chi connectivity index (χ3v) is 4.47. The van der Waals surface area contributed by atoms with E-state index < -0.39 is 11.9 Å². The molecular formula is C19H17FN2O2S. The summed E-state index contributed by atoms with van der Waals surface area (Å²) < 4.78 is 18.9. The number of thiazole rings is 1. The Kier molecular flexibility index (Phi) is 5.40. The molecule has 128 valence electrons. The molecule has 0 saturated heterocycles. The summed E-state index contributed by atoms with van der Waals surface area (Å²) in [5.41, 5.74) is 1.82. The van der Waals surface area contributed by atoms with Crippen molar-refractivity contribution in [1.82, 2.24) is 10.3 Å². The molecule has 3 aromatic rings. The van der Waals surface area contributed by atoms with Crippen molar-refractivity contribution in [1.29, 1.82) is 0 Å². The number of benzene rings is 2. The SMILES string of the molecule is C[C@H](Oc1ccccc1F)C(=O)NCc1csc(-c2ccccc2)n1. The predicted octanol–water partition coefficient (Wildman–Crippen LogP) is 4.03. The van der Waals surface area contributed by atoms with E-state index >= 15 is 0 Å². The molecule has 2 aromatic carbocycles. The fourth-order valence-electron chi connectivity index (χ4n) is 2.21. The number of amides is 1. The first-order chi connectivity index (χ1) is 12.1. The van der Waals surface area contributed by atoms with Crippen LogP contribution in [0.25, 0.3) is 10.6 Å². The second-order valence-electron chi connectivity index (χ2n) is 5.42. The van der Waals surface area contributed by atoms with E-state index in [1.54, 1.807) is 19.1 Å². The van der Waals surface area contributed by atoms with Crippen LogP contribution in [0.4, 0.5) is 4.39 Å². The number of ether oxygens (including phenoxy) is 1. The van der Waals surface area contributed by atoms with Crippen LogP contribution in [0.5, 0.6) is 5.75 Å². The van der Waals surface area contributed by atoms with Gasteiger partial charge in [-0.3, -0.25) is 4.79 Å². The largest absolute Gasteiger partial charge is 0.478 e. The van der Waals surface area contributed by atoms with Crippen LogP contribution >= 0.6 is 11.3 Å². The second-order valence-corrected chi connectivity index (χ2v) is 6.28. The lowest BCUT2D eigenvalue weighted by Crippen LogP contribution is -2.36. The Balaban J connectivity index is 1.55. The monoisotopic (exact) mass is 356 g/mol. The Hall–Kier alpha value is -2.73. The molecule has 4 nitrogen and oxygen atoms in total. The predicted molar refractivity (Wildman–Crippen MR) is 95.9 cm³/mol. The number of hydrogen-bond acceptors (Lipinski definition) is 4. The summed E-state index contributed by atoms with van der Waals surface area (Å²) in [7, 11) is 0. The highest BCUT2D eigenvalue weighted by Crippen LogP contribution is 2.23. The van der Waals surface area contributed by atoms with E-state index in [1.165, 1.54) is 23.5 Å². The van der Waals surface area contributed by atoms with Gasteiger partial charge >= 0.3 is 0 Å². The molecule has 0 bridgehead atoms. The van der Waals surface area contributed by atoms with Crippen LogP contribution in [0.3, 0.4) is 0 Å². The van der Waals surface area contributed by atoms with Gasteiger partial charge in [0.25, 0.3) is 5.91 Å². The van der Waals surface area contributed by atoms with E-state index in [0.717, 1.165) is 16.3 Å². The molecule has 6 heteroatoms. The minimum Gasteiger partial charge on any atom is -0.478 e. The smallest absolute Gasteiger partial charge is 0.261 e. The van der Waals surface area contributed by atoms with E-state index in [-0.39, 0.29) is 11.7 Å². The van der Waals surface area contributed by atoms with Gasteiger partial charge < -0.3 is 10.1 Å². The summed E-state index contributed by atoms with van der Waals surface area (Å²) in [6.45, 7) is 1.88. The number of hydrogen-bond donors (Lipinski definition) is 1. The van der Waals surface area contributed by atoms with Crippen molar-refractivity contribution in [2.24, 2.45) is 0 Å². The summed E-state index contributed by atoms with van der Waals surface area (Å²) in [4.78, 5) is 16.6. The number of halogens is 1. The van der Waals surface area contributed by atoms with E-state index in [9.17, 15) is 9.18 Å². The number of nitrogens with one attached hydrogen (secondary N) is 1. The molecule has 0 spiro atoms. The maximum Gasteiger partial charge on any atom is 0.261 e. The zero-order chi connectivity index (χ0) is 17.6. The Labute approximate surface area is 149 Å². The van der Waals surface area contributed by atoms with Crippen molar-refractivity contribution in [2.75, 3.05) is 0 Å². The Morgan fingerprint density at radius 1 is 1.20 bits per heavy atom. The molecule has 1 heterocycles. The number of aromatic nitrogens is 1. The molecule has 1 aromatic heterocycles. The van der Waals surface area contributed by atoms with E-state index in [1.807, 2.05) is 35.7 Å². The van der Waals surface area contributed by atoms with Crippen LogP contribution in [0.1, 0.15) is 12.6 Å². The van der Waals surface area contributed by atoms with E-state index in [4.69, 9.17) is 4.74 Å². The van der Waals surface area contributed by atoms with E-state index in [0.29, 0.717) is 6.54 Å². The molecule has 1 atom stereocenters. The van der Waals surface area contributed by atoms with Crippen LogP contribution in [0.15, 0.2) is 60.0 Å². The molecule has 1 amide bonds. The van der Waals surface area contributed by atoms with Gasteiger partial charge in [-0.15, -0.1) is 11.3 Å². The van der Waals surface area contributed by atoms with Crippen LogP contribution in [-0.2, 0) is 11.3 Å². The quantitative estimate of drug-likeness (QED) is 0.725. The van der Waals surface area contributed by atoms with Gasteiger partial charge in [0.1, 0.15) is 5.01 Å². The molecule has 0 aliphatic carbocycles.